The van der Waals surface area contributed by atoms with Gasteiger partial charge in [0, 0.05) is 39.9 Å². The molecule has 0 aromatic carbocycles. The Balaban J connectivity index is 1.94. The molecule has 21 heavy (non-hydrogen) atoms. The number of nitrogens with zero attached hydrogens (tertiary/aromatic N) is 2. The first-order valence-electron chi connectivity index (χ1n) is 5.87. The summed E-state index contributed by atoms with van der Waals surface area (Å²) in [4.78, 5) is 5.83. The van der Waals surface area contributed by atoms with Crippen molar-refractivity contribution in [3.63, 3.8) is 0 Å². The van der Waals surface area contributed by atoms with Gasteiger partial charge in [-0.15, -0.1) is 22.7 Å². The third kappa shape index (κ3) is 2.86. The van der Waals surface area contributed by atoms with Crippen molar-refractivity contribution in [3.8, 4) is 0 Å². The second-order valence-corrected chi connectivity index (χ2v) is 8.59. The van der Waals surface area contributed by atoms with E-state index in [4.69, 9.17) is 0 Å². The predicted octanol–water partition coefficient (Wildman–Crippen LogP) is 2.74. The quantitative estimate of drug-likeness (QED) is 0.682. The lowest BCUT2D eigenvalue weighted by molar-refractivity contribution is 0.577. The average Bonchev–Trinajstić information content (AvgIpc) is 3.10. The van der Waals surface area contributed by atoms with E-state index in [1.54, 1.807) is 23.0 Å². The first-order valence-corrected chi connectivity index (χ1v) is 9.90. The molecule has 6 nitrogen and oxygen atoms in total. The summed E-state index contributed by atoms with van der Waals surface area (Å²) >= 11 is 6.23. The molecule has 0 radical (unpaired) electrons. The number of rotatable bonds is 5. The first kappa shape index (κ1) is 15.0. The number of hydrogen-bond acceptors (Lipinski definition) is 6. The van der Waals surface area contributed by atoms with Crippen molar-refractivity contribution in [2.24, 2.45) is 0 Å². The zero-order chi connectivity index (χ0) is 15.0. The Labute approximate surface area is 138 Å². The van der Waals surface area contributed by atoms with Crippen molar-refractivity contribution in [1.29, 1.82) is 0 Å². The van der Waals surface area contributed by atoms with E-state index in [2.05, 4.69) is 31.0 Å². The zero-order valence-electron chi connectivity index (χ0n) is 10.8. The number of imidazole rings is 1. The Bertz CT molecular complexity index is 880. The molecule has 3 aromatic heterocycles. The fraction of sp³-hybridized carbons (Fsp3) is 0.182. The van der Waals surface area contributed by atoms with Crippen LogP contribution in [0.4, 0.5) is 5.82 Å². The molecule has 0 unspecified atom stereocenters. The van der Waals surface area contributed by atoms with Gasteiger partial charge in [0.25, 0.3) is 10.0 Å². The minimum Gasteiger partial charge on any atom is -0.371 e. The van der Waals surface area contributed by atoms with Crippen LogP contribution in [0.5, 0.6) is 0 Å². The van der Waals surface area contributed by atoms with Gasteiger partial charge in [0.2, 0.25) is 0 Å². The molecule has 10 heteroatoms. The van der Waals surface area contributed by atoms with Crippen LogP contribution in [0.2, 0.25) is 0 Å². The highest BCUT2D eigenvalue weighted by molar-refractivity contribution is 9.10. The van der Waals surface area contributed by atoms with E-state index >= 15 is 0 Å². The molecule has 0 saturated heterocycles. The summed E-state index contributed by atoms with van der Waals surface area (Å²) < 4.78 is 30.2. The molecule has 0 saturated carbocycles. The molecular weight excluding hydrogens is 396 g/mol. The maximum absolute atomic E-state index is 12.6. The molecule has 0 spiro atoms. The number of aromatic nitrogens is 2. The second kappa shape index (κ2) is 5.69. The number of hydrogen-bond donors (Lipinski definition) is 2. The molecule has 0 fully saturated rings. The van der Waals surface area contributed by atoms with Crippen LogP contribution in [0.1, 0.15) is 4.88 Å². The molecule has 0 bridgehead atoms. The van der Waals surface area contributed by atoms with E-state index in [0.29, 0.717) is 10.8 Å². The second-order valence-electron chi connectivity index (χ2n) is 4.13. The van der Waals surface area contributed by atoms with Crippen LogP contribution in [0, 0.1) is 0 Å². The Kier molecular flexibility index (Phi) is 4.06. The number of thiophene rings is 1. The number of nitrogens with one attached hydrogen (secondary N) is 2. The standard InChI is InChI=1S/C11H11BrN4O2S3/c1-13-9-10(16-2-3-19-11(16)15-9)21(17,18)14-5-8-4-7(12)6-20-8/h2-4,6,13-14H,5H2,1H3. The van der Waals surface area contributed by atoms with Crippen molar-refractivity contribution in [2.75, 3.05) is 12.4 Å². The molecule has 2 N–H and O–H groups in total. The third-order valence-electron chi connectivity index (χ3n) is 2.77. The summed E-state index contributed by atoms with van der Waals surface area (Å²) in [5, 5.41) is 6.68. The minimum atomic E-state index is -3.66. The summed E-state index contributed by atoms with van der Waals surface area (Å²) in [6.07, 6.45) is 1.70. The summed E-state index contributed by atoms with van der Waals surface area (Å²) in [6, 6.07) is 1.89. The smallest absolute Gasteiger partial charge is 0.260 e. The van der Waals surface area contributed by atoms with Crippen molar-refractivity contribution in [3.05, 3.63) is 32.4 Å². The van der Waals surface area contributed by atoms with Crippen LogP contribution in [-0.2, 0) is 16.6 Å². The summed E-state index contributed by atoms with van der Waals surface area (Å²) in [5.74, 6) is 0.349. The summed E-state index contributed by atoms with van der Waals surface area (Å²) in [5.41, 5.74) is 0. The van der Waals surface area contributed by atoms with Gasteiger partial charge in [-0.05, 0) is 22.0 Å². The topological polar surface area (TPSA) is 75.5 Å². The Morgan fingerprint density at radius 1 is 1.43 bits per heavy atom. The SMILES string of the molecule is CNc1nc2sccn2c1S(=O)(=O)NCc1cc(Br)cs1. The average molecular weight is 407 g/mol. The van der Waals surface area contributed by atoms with Crippen molar-refractivity contribution in [2.45, 2.75) is 11.6 Å². The van der Waals surface area contributed by atoms with Crippen LogP contribution >= 0.6 is 38.6 Å². The van der Waals surface area contributed by atoms with Gasteiger partial charge in [-0.25, -0.2) is 18.1 Å². The van der Waals surface area contributed by atoms with Gasteiger partial charge in [0.05, 0.1) is 0 Å². The highest BCUT2D eigenvalue weighted by atomic mass is 79.9. The molecule has 3 heterocycles. The van der Waals surface area contributed by atoms with Crippen LogP contribution in [0.3, 0.4) is 0 Å². The van der Waals surface area contributed by atoms with E-state index < -0.39 is 10.0 Å². The lowest BCUT2D eigenvalue weighted by Gasteiger charge is -2.06. The van der Waals surface area contributed by atoms with E-state index in [1.165, 1.54) is 22.7 Å². The maximum atomic E-state index is 12.6. The van der Waals surface area contributed by atoms with Crippen LogP contribution in [0.15, 0.2) is 32.5 Å². The largest absolute Gasteiger partial charge is 0.371 e. The molecular formula is C11H11BrN4O2S3. The monoisotopic (exact) mass is 406 g/mol. The van der Waals surface area contributed by atoms with E-state index in [0.717, 1.165) is 9.35 Å². The number of fused-ring (bicyclic) bond motifs is 1. The van der Waals surface area contributed by atoms with Gasteiger partial charge < -0.3 is 5.32 Å². The first-order chi connectivity index (χ1) is 10.0. The van der Waals surface area contributed by atoms with Crippen LogP contribution < -0.4 is 10.0 Å². The van der Waals surface area contributed by atoms with Crippen molar-refractivity contribution >= 4 is 59.4 Å². The van der Waals surface area contributed by atoms with E-state index in [9.17, 15) is 8.42 Å². The van der Waals surface area contributed by atoms with Gasteiger partial charge >= 0.3 is 0 Å². The van der Waals surface area contributed by atoms with Crippen molar-refractivity contribution in [1.82, 2.24) is 14.1 Å². The lowest BCUT2D eigenvalue weighted by atomic mass is 10.5. The number of anilines is 1. The molecule has 3 rings (SSSR count). The third-order valence-corrected chi connectivity index (χ3v) is 6.65. The van der Waals surface area contributed by atoms with Gasteiger partial charge in [-0.3, -0.25) is 4.40 Å². The Morgan fingerprint density at radius 2 is 2.24 bits per heavy atom. The number of halogens is 1. The molecule has 0 atom stereocenters. The molecule has 0 aliphatic carbocycles. The van der Waals surface area contributed by atoms with Gasteiger partial charge in [-0.2, -0.15) is 0 Å². The van der Waals surface area contributed by atoms with E-state index in [1.807, 2.05) is 11.4 Å². The summed E-state index contributed by atoms with van der Waals surface area (Å²) in [6.45, 7) is 0.249. The molecule has 112 valence electrons. The van der Waals surface area contributed by atoms with Crippen LogP contribution in [-0.4, -0.2) is 24.9 Å². The summed E-state index contributed by atoms with van der Waals surface area (Å²) in [7, 11) is -2.00. The molecule has 0 aliphatic rings. The van der Waals surface area contributed by atoms with Gasteiger partial charge in [0.15, 0.2) is 15.8 Å². The van der Waals surface area contributed by atoms with Gasteiger partial charge in [0.1, 0.15) is 0 Å². The van der Waals surface area contributed by atoms with Gasteiger partial charge in [-0.1, -0.05) is 0 Å². The molecule has 0 aliphatic heterocycles. The molecule has 3 aromatic rings. The van der Waals surface area contributed by atoms with Crippen molar-refractivity contribution < 1.29 is 8.42 Å². The zero-order valence-corrected chi connectivity index (χ0v) is 14.9. The number of sulfonamides is 1. The highest BCUT2D eigenvalue weighted by Crippen LogP contribution is 2.26. The Morgan fingerprint density at radius 3 is 2.90 bits per heavy atom. The van der Waals surface area contributed by atoms with E-state index in [-0.39, 0.29) is 11.6 Å². The fourth-order valence-corrected chi connectivity index (χ4v) is 5.41. The number of thiazole rings is 1. The normalized spacial score (nSPS) is 12.1. The Hall–Kier alpha value is -0.940. The van der Waals surface area contributed by atoms with Crippen LogP contribution in [0.25, 0.3) is 4.96 Å². The fourth-order valence-electron chi connectivity index (χ4n) is 1.87. The lowest BCUT2D eigenvalue weighted by Crippen LogP contribution is -2.24. The highest BCUT2D eigenvalue weighted by Gasteiger charge is 2.25. The predicted molar refractivity (Wildman–Crippen MR) is 88.7 cm³/mol. The maximum Gasteiger partial charge on any atom is 0.260 e. The molecule has 0 amide bonds. The minimum absolute atomic E-state index is 0.136.